The molecule has 0 radical (unpaired) electrons. The summed E-state index contributed by atoms with van der Waals surface area (Å²) in [6.07, 6.45) is 8.68. The van der Waals surface area contributed by atoms with Crippen LogP contribution in [0.5, 0.6) is 0 Å². The molecule has 2 fully saturated rings. The first-order valence-electron chi connectivity index (χ1n) is 7.02. The van der Waals surface area contributed by atoms with E-state index in [1.54, 1.807) is 0 Å². The molecule has 0 aliphatic heterocycles. The van der Waals surface area contributed by atoms with Crippen molar-refractivity contribution in [3.8, 4) is 0 Å². The fraction of sp³-hybridized carbons (Fsp3) is 0.875. The highest BCUT2D eigenvalue weighted by atomic mass is 14.6. The van der Waals surface area contributed by atoms with Gasteiger partial charge < -0.3 is 0 Å². The van der Waals surface area contributed by atoms with Crippen molar-refractivity contribution < 1.29 is 0 Å². The lowest BCUT2D eigenvalue weighted by atomic mass is 9.63. The summed E-state index contributed by atoms with van der Waals surface area (Å²) in [5.41, 5.74) is 2.64. The third-order valence-corrected chi connectivity index (χ3v) is 5.49. The first-order chi connectivity index (χ1) is 7.37. The lowest BCUT2D eigenvalue weighted by Crippen LogP contribution is -2.33. The Labute approximate surface area is 102 Å². The summed E-state index contributed by atoms with van der Waals surface area (Å²) in [4.78, 5) is 0. The van der Waals surface area contributed by atoms with Crippen LogP contribution in [0.25, 0.3) is 0 Å². The zero-order valence-corrected chi connectivity index (χ0v) is 11.6. The Hall–Kier alpha value is -0.260. The molecular formula is C16H28. The molecular weight excluding hydrogens is 192 g/mol. The van der Waals surface area contributed by atoms with Crippen molar-refractivity contribution in [2.45, 2.75) is 66.2 Å². The molecule has 0 aromatic carbocycles. The van der Waals surface area contributed by atoms with E-state index in [2.05, 4.69) is 34.3 Å². The minimum absolute atomic E-state index is 0.522. The van der Waals surface area contributed by atoms with Gasteiger partial charge in [-0.1, -0.05) is 32.9 Å². The molecule has 0 heterocycles. The van der Waals surface area contributed by atoms with Crippen molar-refractivity contribution in [2.24, 2.45) is 22.7 Å². The zero-order valence-electron chi connectivity index (χ0n) is 11.6. The van der Waals surface area contributed by atoms with Crippen molar-refractivity contribution in [3.05, 3.63) is 12.2 Å². The SMILES string of the molecule is C=C(C)C1CCC(C2(C(C)(C)C)CC2)CC1. The summed E-state index contributed by atoms with van der Waals surface area (Å²) >= 11 is 0. The van der Waals surface area contributed by atoms with E-state index in [1.165, 1.54) is 44.1 Å². The van der Waals surface area contributed by atoms with Gasteiger partial charge in [0.05, 0.1) is 0 Å². The number of hydrogen-bond donors (Lipinski definition) is 0. The van der Waals surface area contributed by atoms with Crippen molar-refractivity contribution in [1.29, 1.82) is 0 Å². The van der Waals surface area contributed by atoms with Gasteiger partial charge >= 0.3 is 0 Å². The van der Waals surface area contributed by atoms with Crippen LogP contribution in [0.3, 0.4) is 0 Å². The van der Waals surface area contributed by atoms with Crippen molar-refractivity contribution >= 4 is 0 Å². The van der Waals surface area contributed by atoms with Crippen LogP contribution in [0.1, 0.15) is 66.2 Å². The molecule has 16 heavy (non-hydrogen) atoms. The van der Waals surface area contributed by atoms with Crippen molar-refractivity contribution in [2.75, 3.05) is 0 Å². The van der Waals surface area contributed by atoms with Crippen LogP contribution in [0.2, 0.25) is 0 Å². The standard InChI is InChI=1S/C16H28/c1-12(2)13-6-8-14(9-7-13)16(10-11-16)15(3,4)5/h13-14H,1,6-11H2,2-5H3. The van der Waals surface area contributed by atoms with E-state index in [0.717, 1.165) is 11.8 Å². The smallest absolute Gasteiger partial charge is 0.0208 e. The molecule has 0 unspecified atom stereocenters. The average molecular weight is 220 g/mol. The molecule has 0 atom stereocenters. The van der Waals surface area contributed by atoms with Gasteiger partial charge in [0.25, 0.3) is 0 Å². The number of allylic oxidation sites excluding steroid dienone is 1. The van der Waals surface area contributed by atoms with E-state index in [-0.39, 0.29) is 0 Å². The molecule has 0 aromatic heterocycles. The predicted molar refractivity (Wildman–Crippen MR) is 71.4 cm³/mol. The second-order valence-corrected chi connectivity index (χ2v) is 7.30. The molecule has 0 spiro atoms. The van der Waals surface area contributed by atoms with Crippen LogP contribution in [-0.4, -0.2) is 0 Å². The fourth-order valence-corrected chi connectivity index (χ4v) is 4.04. The van der Waals surface area contributed by atoms with Gasteiger partial charge in [-0.3, -0.25) is 0 Å². The van der Waals surface area contributed by atoms with Crippen molar-refractivity contribution in [1.82, 2.24) is 0 Å². The highest BCUT2D eigenvalue weighted by molar-refractivity contribution is 5.08. The first kappa shape index (κ1) is 12.2. The average Bonchev–Trinajstić information content (AvgIpc) is 2.97. The largest absolute Gasteiger partial charge is 0.0999 e. The third-order valence-electron chi connectivity index (χ3n) is 5.49. The molecule has 0 heteroatoms. The zero-order chi connectivity index (χ0) is 12.0. The second kappa shape index (κ2) is 3.89. The summed E-state index contributed by atoms with van der Waals surface area (Å²) < 4.78 is 0. The maximum Gasteiger partial charge on any atom is -0.0208 e. The molecule has 2 aliphatic rings. The number of rotatable bonds is 2. The Morgan fingerprint density at radius 2 is 1.56 bits per heavy atom. The van der Waals surface area contributed by atoms with E-state index in [4.69, 9.17) is 0 Å². The lowest BCUT2D eigenvalue weighted by Gasteiger charge is -2.41. The predicted octanol–water partition coefficient (Wildman–Crippen LogP) is 5.20. The van der Waals surface area contributed by atoms with E-state index >= 15 is 0 Å². The quantitative estimate of drug-likeness (QED) is 0.561. The van der Waals surface area contributed by atoms with Crippen LogP contribution in [0, 0.1) is 22.7 Å². The highest BCUT2D eigenvalue weighted by Crippen LogP contribution is 2.66. The third kappa shape index (κ3) is 1.96. The monoisotopic (exact) mass is 220 g/mol. The maximum atomic E-state index is 4.13. The molecule has 2 saturated carbocycles. The summed E-state index contributed by atoms with van der Waals surface area (Å²) in [5.74, 6) is 1.83. The summed E-state index contributed by atoms with van der Waals surface area (Å²) in [5, 5.41) is 0. The Kier molecular flexibility index (Phi) is 2.97. The normalized spacial score (nSPS) is 33.5. The van der Waals surface area contributed by atoms with E-state index in [9.17, 15) is 0 Å². The fourth-order valence-electron chi connectivity index (χ4n) is 4.04. The van der Waals surface area contributed by atoms with E-state index in [0.29, 0.717) is 10.8 Å². The summed E-state index contributed by atoms with van der Waals surface area (Å²) in [7, 11) is 0. The van der Waals surface area contributed by atoms with Crippen LogP contribution < -0.4 is 0 Å². The first-order valence-corrected chi connectivity index (χ1v) is 7.02. The van der Waals surface area contributed by atoms with Gasteiger partial charge in [0, 0.05) is 0 Å². The minimum atomic E-state index is 0.522. The van der Waals surface area contributed by atoms with Gasteiger partial charge in [0.15, 0.2) is 0 Å². The van der Waals surface area contributed by atoms with Crippen LogP contribution in [0.4, 0.5) is 0 Å². The van der Waals surface area contributed by atoms with Crippen LogP contribution >= 0.6 is 0 Å². The minimum Gasteiger partial charge on any atom is -0.0999 e. The van der Waals surface area contributed by atoms with Crippen LogP contribution in [-0.2, 0) is 0 Å². The van der Waals surface area contributed by atoms with Gasteiger partial charge in [0.1, 0.15) is 0 Å². The van der Waals surface area contributed by atoms with Crippen molar-refractivity contribution in [3.63, 3.8) is 0 Å². The Morgan fingerprint density at radius 3 is 1.88 bits per heavy atom. The van der Waals surface area contributed by atoms with Gasteiger partial charge in [0.2, 0.25) is 0 Å². The topological polar surface area (TPSA) is 0 Å². The van der Waals surface area contributed by atoms with E-state index < -0.39 is 0 Å². The Balaban J connectivity index is 1.97. The summed E-state index contributed by atoms with van der Waals surface area (Å²) in [6.45, 7) is 13.7. The number of hydrogen-bond acceptors (Lipinski definition) is 0. The molecule has 0 aromatic rings. The molecule has 0 bridgehead atoms. The van der Waals surface area contributed by atoms with Gasteiger partial charge in [-0.05, 0) is 68.1 Å². The Morgan fingerprint density at radius 1 is 1.06 bits per heavy atom. The molecule has 2 aliphatic carbocycles. The molecule has 0 N–H and O–H groups in total. The summed E-state index contributed by atoms with van der Waals surface area (Å²) in [6, 6.07) is 0. The van der Waals surface area contributed by atoms with E-state index in [1.807, 2.05) is 0 Å². The molecule has 0 nitrogen and oxygen atoms in total. The highest BCUT2D eigenvalue weighted by Gasteiger charge is 2.56. The molecule has 0 amide bonds. The second-order valence-electron chi connectivity index (χ2n) is 7.30. The van der Waals surface area contributed by atoms with Gasteiger partial charge in [-0.15, -0.1) is 0 Å². The lowest BCUT2D eigenvalue weighted by molar-refractivity contribution is 0.0895. The molecule has 92 valence electrons. The van der Waals surface area contributed by atoms with Crippen LogP contribution in [0.15, 0.2) is 12.2 Å². The Bertz CT molecular complexity index is 267. The van der Waals surface area contributed by atoms with Gasteiger partial charge in [-0.25, -0.2) is 0 Å². The maximum absolute atomic E-state index is 4.13. The van der Waals surface area contributed by atoms with Gasteiger partial charge in [-0.2, -0.15) is 0 Å². The molecule has 0 saturated heterocycles. The molecule has 2 rings (SSSR count).